The van der Waals surface area contributed by atoms with Gasteiger partial charge in [-0.15, -0.1) is 0 Å². The van der Waals surface area contributed by atoms with Crippen LogP contribution in [-0.2, 0) is 4.79 Å². The largest absolute Gasteiger partial charge is 0.338 e. The molecule has 1 unspecified atom stereocenters. The number of likely N-dealkylation sites (tertiary alicyclic amines) is 1. The van der Waals surface area contributed by atoms with E-state index in [1.165, 1.54) is 12.8 Å². The summed E-state index contributed by atoms with van der Waals surface area (Å²) in [5, 5.41) is 3.15. The Kier molecular flexibility index (Phi) is 2.75. The van der Waals surface area contributed by atoms with Gasteiger partial charge in [0.15, 0.2) is 0 Å². The second-order valence-corrected chi connectivity index (χ2v) is 5.74. The molecule has 1 N–H and O–H groups in total. The summed E-state index contributed by atoms with van der Waals surface area (Å²) in [5.41, 5.74) is 0.282. The van der Waals surface area contributed by atoms with Crippen LogP contribution < -0.4 is 5.32 Å². The van der Waals surface area contributed by atoms with Crippen molar-refractivity contribution in [2.75, 3.05) is 13.6 Å². The first kappa shape index (κ1) is 10.9. The van der Waals surface area contributed by atoms with Gasteiger partial charge in [0.2, 0.25) is 5.91 Å². The SMILES string of the molecule is CNC1CCC(C)(C)CN(C2CC2)C1=O. The first-order chi connectivity index (χ1) is 7.03. The molecular formula is C12H22N2O. The lowest BCUT2D eigenvalue weighted by Crippen LogP contribution is -2.46. The molecular weight excluding hydrogens is 188 g/mol. The molecule has 1 saturated carbocycles. The molecule has 0 aromatic rings. The number of nitrogens with one attached hydrogen (secondary N) is 1. The third-order valence-corrected chi connectivity index (χ3v) is 3.63. The summed E-state index contributed by atoms with van der Waals surface area (Å²) in [6.07, 6.45) is 4.52. The van der Waals surface area contributed by atoms with Gasteiger partial charge in [-0.2, -0.15) is 0 Å². The zero-order chi connectivity index (χ0) is 11.1. The molecule has 2 fully saturated rings. The Labute approximate surface area is 92.2 Å². The summed E-state index contributed by atoms with van der Waals surface area (Å²) in [6, 6.07) is 0.595. The lowest BCUT2D eigenvalue weighted by molar-refractivity contribution is -0.134. The fourth-order valence-electron chi connectivity index (χ4n) is 2.44. The monoisotopic (exact) mass is 210 g/mol. The highest BCUT2D eigenvalue weighted by atomic mass is 16.2. The number of carbonyl (C=O) groups excluding carboxylic acids is 1. The van der Waals surface area contributed by atoms with Gasteiger partial charge in [0.05, 0.1) is 6.04 Å². The van der Waals surface area contributed by atoms with Crippen LogP contribution in [0.15, 0.2) is 0 Å². The van der Waals surface area contributed by atoms with Gasteiger partial charge in [-0.25, -0.2) is 0 Å². The number of rotatable bonds is 2. The van der Waals surface area contributed by atoms with Crippen LogP contribution in [-0.4, -0.2) is 36.5 Å². The van der Waals surface area contributed by atoms with Crippen molar-refractivity contribution in [1.82, 2.24) is 10.2 Å². The van der Waals surface area contributed by atoms with E-state index in [9.17, 15) is 4.79 Å². The second-order valence-electron chi connectivity index (χ2n) is 5.74. The molecule has 2 rings (SSSR count). The molecule has 86 valence electrons. The average molecular weight is 210 g/mol. The fraction of sp³-hybridized carbons (Fsp3) is 0.917. The molecule has 0 radical (unpaired) electrons. The number of hydrogen-bond acceptors (Lipinski definition) is 2. The maximum Gasteiger partial charge on any atom is 0.239 e. The van der Waals surface area contributed by atoms with Crippen molar-refractivity contribution in [3.05, 3.63) is 0 Å². The summed E-state index contributed by atoms with van der Waals surface area (Å²) in [5.74, 6) is 0.325. The van der Waals surface area contributed by atoms with Gasteiger partial charge in [-0.1, -0.05) is 13.8 Å². The minimum atomic E-state index is 0.0485. The quantitative estimate of drug-likeness (QED) is 0.747. The van der Waals surface area contributed by atoms with Crippen molar-refractivity contribution < 1.29 is 4.79 Å². The van der Waals surface area contributed by atoms with Crippen LogP contribution >= 0.6 is 0 Å². The zero-order valence-electron chi connectivity index (χ0n) is 10.0. The van der Waals surface area contributed by atoms with Gasteiger partial charge < -0.3 is 10.2 Å². The van der Waals surface area contributed by atoms with Gasteiger partial charge in [-0.3, -0.25) is 4.79 Å². The van der Waals surface area contributed by atoms with Crippen molar-refractivity contribution in [3.63, 3.8) is 0 Å². The van der Waals surface area contributed by atoms with E-state index in [1.807, 2.05) is 7.05 Å². The van der Waals surface area contributed by atoms with Crippen LogP contribution in [0.4, 0.5) is 0 Å². The second kappa shape index (κ2) is 3.78. The summed E-state index contributed by atoms with van der Waals surface area (Å²) >= 11 is 0. The fourth-order valence-corrected chi connectivity index (χ4v) is 2.44. The molecule has 0 spiro atoms. The molecule has 0 aromatic heterocycles. The molecule has 3 heteroatoms. The Morgan fingerprint density at radius 1 is 1.33 bits per heavy atom. The summed E-state index contributed by atoms with van der Waals surface area (Å²) in [7, 11) is 1.89. The van der Waals surface area contributed by atoms with Crippen LogP contribution in [0.5, 0.6) is 0 Å². The highest BCUT2D eigenvalue weighted by Crippen LogP contribution is 2.35. The van der Waals surface area contributed by atoms with Crippen molar-refractivity contribution in [2.45, 2.75) is 51.6 Å². The third kappa shape index (κ3) is 2.33. The Morgan fingerprint density at radius 3 is 2.53 bits per heavy atom. The molecule has 1 amide bonds. The average Bonchev–Trinajstić information content (AvgIpc) is 2.97. The maximum absolute atomic E-state index is 12.2. The molecule has 1 heterocycles. The predicted octanol–water partition coefficient (Wildman–Crippen LogP) is 1.39. The van der Waals surface area contributed by atoms with Crippen molar-refractivity contribution >= 4 is 5.91 Å². The highest BCUT2D eigenvalue weighted by Gasteiger charge is 2.40. The van der Waals surface area contributed by atoms with E-state index in [0.717, 1.165) is 19.4 Å². The Balaban J connectivity index is 2.14. The molecule has 15 heavy (non-hydrogen) atoms. The van der Waals surface area contributed by atoms with E-state index in [2.05, 4.69) is 24.1 Å². The lowest BCUT2D eigenvalue weighted by atomic mass is 9.87. The van der Waals surface area contributed by atoms with Gasteiger partial charge in [0.1, 0.15) is 0 Å². The topological polar surface area (TPSA) is 32.3 Å². The molecule has 0 bridgehead atoms. The van der Waals surface area contributed by atoms with E-state index in [1.54, 1.807) is 0 Å². The van der Waals surface area contributed by atoms with E-state index in [-0.39, 0.29) is 11.5 Å². The third-order valence-electron chi connectivity index (χ3n) is 3.63. The van der Waals surface area contributed by atoms with Crippen LogP contribution in [0.3, 0.4) is 0 Å². The van der Waals surface area contributed by atoms with Gasteiger partial charge in [-0.05, 0) is 38.1 Å². The smallest absolute Gasteiger partial charge is 0.239 e. The summed E-state index contributed by atoms with van der Waals surface area (Å²) in [4.78, 5) is 14.3. The van der Waals surface area contributed by atoms with Crippen LogP contribution in [0.2, 0.25) is 0 Å². The van der Waals surface area contributed by atoms with E-state index in [0.29, 0.717) is 11.9 Å². The van der Waals surface area contributed by atoms with E-state index < -0.39 is 0 Å². The predicted molar refractivity (Wildman–Crippen MR) is 60.6 cm³/mol. The molecule has 1 atom stereocenters. The molecule has 1 saturated heterocycles. The molecule has 1 aliphatic heterocycles. The highest BCUT2D eigenvalue weighted by molar-refractivity contribution is 5.82. The van der Waals surface area contributed by atoms with Gasteiger partial charge >= 0.3 is 0 Å². The zero-order valence-corrected chi connectivity index (χ0v) is 10.0. The normalized spacial score (nSPS) is 31.5. The Bertz CT molecular complexity index is 258. The van der Waals surface area contributed by atoms with Crippen molar-refractivity contribution in [2.24, 2.45) is 5.41 Å². The minimum Gasteiger partial charge on any atom is -0.338 e. The first-order valence-corrected chi connectivity index (χ1v) is 6.01. The Morgan fingerprint density at radius 2 is 2.00 bits per heavy atom. The van der Waals surface area contributed by atoms with Crippen LogP contribution in [0.25, 0.3) is 0 Å². The van der Waals surface area contributed by atoms with Gasteiger partial charge in [0, 0.05) is 12.6 Å². The molecule has 2 aliphatic rings. The van der Waals surface area contributed by atoms with Crippen LogP contribution in [0.1, 0.15) is 39.5 Å². The van der Waals surface area contributed by atoms with Crippen molar-refractivity contribution in [1.29, 1.82) is 0 Å². The number of carbonyl (C=O) groups is 1. The number of amides is 1. The minimum absolute atomic E-state index is 0.0485. The van der Waals surface area contributed by atoms with Crippen molar-refractivity contribution in [3.8, 4) is 0 Å². The van der Waals surface area contributed by atoms with E-state index in [4.69, 9.17) is 0 Å². The number of nitrogens with zero attached hydrogens (tertiary/aromatic N) is 1. The Hall–Kier alpha value is -0.570. The first-order valence-electron chi connectivity index (χ1n) is 6.01. The molecule has 0 aromatic carbocycles. The molecule has 1 aliphatic carbocycles. The summed E-state index contributed by atoms with van der Waals surface area (Å²) in [6.45, 7) is 5.48. The number of likely N-dealkylation sites (N-methyl/N-ethyl adjacent to an activating group) is 1. The van der Waals surface area contributed by atoms with E-state index >= 15 is 0 Å². The number of hydrogen-bond donors (Lipinski definition) is 1. The van der Waals surface area contributed by atoms with Gasteiger partial charge in [0.25, 0.3) is 0 Å². The summed E-state index contributed by atoms with van der Waals surface area (Å²) < 4.78 is 0. The lowest BCUT2D eigenvalue weighted by Gasteiger charge is -2.30. The van der Waals surface area contributed by atoms with Crippen LogP contribution in [0, 0.1) is 5.41 Å². The maximum atomic E-state index is 12.2. The standard InChI is InChI=1S/C12H22N2O/c1-12(2)7-6-10(13-3)11(15)14(8-12)9-4-5-9/h9-10,13H,4-8H2,1-3H3. The molecule has 3 nitrogen and oxygen atoms in total.